The summed E-state index contributed by atoms with van der Waals surface area (Å²) >= 11 is 0. The monoisotopic (exact) mass is 481 g/mol. The van der Waals surface area contributed by atoms with Gasteiger partial charge < -0.3 is 4.42 Å². The quantitative estimate of drug-likeness (QED) is 0.245. The minimum atomic E-state index is -1.34. The molecular formula is C35H29NO. The van der Waals surface area contributed by atoms with Crippen LogP contribution in [0.4, 0.5) is 0 Å². The van der Waals surface area contributed by atoms with Crippen molar-refractivity contribution in [2.75, 3.05) is 0 Å². The van der Waals surface area contributed by atoms with Crippen LogP contribution in [0, 0.1) is 5.92 Å². The van der Waals surface area contributed by atoms with Crippen molar-refractivity contribution in [3.63, 3.8) is 0 Å². The van der Waals surface area contributed by atoms with E-state index in [0.29, 0.717) is 5.56 Å². The second kappa shape index (κ2) is 9.37. The first-order valence-corrected chi connectivity index (χ1v) is 13.2. The lowest BCUT2D eigenvalue weighted by molar-refractivity contribution is 0.546. The maximum atomic E-state index is 8.82. The third-order valence-electron chi connectivity index (χ3n) is 7.58. The highest BCUT2D eigenvalue weighted by Gasteiger charge is 2.17. The van der Waals surface area contributed by atoms with Gasteiger partial charge in [0, 0.05) is 25.3 Å². The summed E-state index contributed by atoms with van der Waals surface area (Å²) in [5, 5.41) is 2.17. The van der Waals surface area contributed by atoms with Gasteiger partial charge in [0.05, 0.1) is 5.69 Å². The Morgan fingerprint density at radius 2 is 1.46 bits per heavy atom. The number of hydrogen-bond acceptors (Lipinski definition) is 2. The molecule has 7 rings (SSSR count). The van der Waals surface area contributed by atoms with Gasteiger partial charge in [0.25, 0.3) is 0 Å². The molecule has 2 nitrogen and oxygen atoms in total. The first kappa shape index (κ1) is 20.0. The predicted octanol–water partition coefficient (Wildman–Crippen LogP) is 9.71. The van der Waals surface area contributed by atoms with E-state index in [-0.39, 0.29) is 5.92 Å². The Balaban J connectivity index is 1.27. The summed E-state index contributed by atoms with van der Waals surface area (Å²) in [4.78, 5) is 4.60. The molecule has 2 aromatic heterocycles. The zero-order chi connectivity index (χ0) is 26.4. The van der Waals surface area contributed by atoms with Crippen molar-refractivity contribution in [2.24, 2.45) is 5.92 Å². The summed E-state index contributed by atoms with van der Waals surface area (Å²) < 4.78 is 24.0. The number of pyridine rings is 1. The van der Waals surface area contributed by atoms with E-state index in [0.717, 1.165) is 70.0 Å². The van der Waals surface area contributed by atoms with Gasteiger partial charge in [-0.1, -0.05) is 98.5 Å². The number of fused-ring (bicyclic) bond motifs is 3. The molecule has 0 bridgehead atoms. The predicted molar refractivity (Wildman–Crippen MR) is 153 cm³/mol. The van der Waals surface area contributed by atoms with Gasteiger partial charge in [-0.25, -0.2) is 0 Å². The first-order valence-electron chi connectivity index (χ1n) is 14.2. The van der Waals surface area contributed by atoms with Crippen LogP contribution >= 0.6 is 0 Å². The molecule has 37 heavy (non-hydrogen) atoms. The second-order valence-corrected chi connectivity index (χ2v) is 9.99. The standard InChI is InChI=1S/C35H29NO/c1-2-9-26(10-3-1)27-13-15-28(16-14-27)30-11-6-12-33-35(30)31-18-17-29(23-34(31)37-33)32-22-25(19-20-36-32)21-24-7-4-5-8-24/h1-3,6,9-20,22-24H,4-5,7-8,21H2/i21D2. The molecule has 0 unspecified atom stereocenters. The molecule has 0 radical (unpaired) electrons. The average Bonchev–Trinajstić information content (AvgIpc) is 3.66. The van der Waals surface area contributed by atoms with Crippen LogP contribution in [0.1, 0.15) is 34.0 Å². The zero-order valence-corrected chi connectivity index (χ0v) is 20.7. The molecule has 180 valence electrons. The van der Waals surface area contributed by atoms with Gasteiger partial charge in [-0.05, 0) is 70.4 Å². The molecule has 0 atom stereocenters. The maximum Gasteiger partial charge on any atom is 0.136 e. The lowest BCUT2D eigenvalue weighted by atomic mass is 9.96. The zero-order valence-electron chi connectivity index (χ0n) is 22.7. The van der Waals surface area contributed by atoms with Crippen LogP contribution in [0.25, 0.3) is 55.4 Å². The number of benzene rings is 4. The third-order valence-corrected chi connectivity index (χ3v) is 7.58. The van der Waals surface area contributed by atoms with Crippen LogP contribution < -0.4 is 0 Å². The maximum absolute atomic E-state index is 8.82. The van der Waals surface area contributed by atoms with Crippen molar-refractivity contribution in [3.8, 4) is 33.5 Å². The summed E-state index contributed by atoms with van der Waals surface area (Å²) in [5.41, 5.74) is 8.77. The van der Waals surface area contributed by atoms with E-state index in [2.05, 4.69) is 71.7 Å². The Morgan fingerprint density at radius 1 is 0.703 bits per heavy atom. The van der Waals surface area contributed by atoms with Crippen molar-refractivity contribution in [3.05, 3.63) is 115 Å². The lowest BCUT2D eigenvalue weighted by Crippen LogP contribution is -1.99. The van der Waals surface area contributed by atoms with Crippen LogP contribution in [-0.2, 0) is 6.37 Å². The van der Waals surface area contributed by atoms with E-state index in [9.17, 15) is 0 Å². The molecule has 1 aliphatic rings. The number of nitrogens with zero attached hydrogens (tertiary/aromatic N) is 1. The van der Waals surface area contributed by atoms with Crippen LogP contribution in [0.2, 0.25) is 0 Å². The Morgan fingerprint density at radius 3 is 2.30 bits per heavy atom. The smallest absolute Gasteiger partial charge is 0.136 e. The summed E-state index contributed by atoms with van der Waals surface area (Å²) in [6.45, 7) is 0. The topological polar surface area (TPSA) is 26.0 Å². The minimum Gasteiger partial charge on any atom is -0.456 e. The highest BCUT2D eigenvalue weighted by molar-refractivity contribution is 6.13. The number of aromatic nitrogens is 1. The molecule has 1 saturated carbocycles. The van der Waals surface area contributed by atoms with Crippen molar-refractivity contribution in [1.29, 1.82) is 0 Å². The lowest BCUT2D eigenvalue weighted by Gasteiger charge is -2.10. The molecular weight excluding hydrogens is 450 g/mol. The van der Waals surface area contributed by atoms with E-state index in [1.165, 1.54) is 11.1 Å². The van der Waals surface area contributed by atoms with Crippen molar-refractivity contribution in [1.82, 2.24) is 4.98 Å². The molecule has 0 spiro atoms. The fraction of sp³-hybridized carbons (Fsp3) is 0.171. The van der Waals surface area contributed by atoms with Crippen LogP contribution in [0.3, 0.4) is 0 Å². The van der Waals surface area contributed by atoms with Gasteiger partial charge >= 0.3 is 0 Å². The first-order chi connectivity index (χ1) is 19.1. The molecule has 0 aliphatic heterocycles. The molecule has 2 heteroatoms. The highest BCUT2D eigenvalue weighted by Crippen LogP contribution is 2.38. The normalized spacial score (nSPS) is 15.2. The largest absolute Gasteiger partial charge is 0.456 e. The third kappa shape index (κ3) is 4.23. The van der Waals surface area contributed by atoms with Gasteiger partial charge in [0.2, 0.25) is 0 Å². The number of rotatable bonds is 5. The molecule has 0 amide bonds. The number of furan rings is 1. The SMILES string of the molecule is [2H]C([2H])(c1ccnc(-c2ccc3c(c2)oc2cccc(-c4ccc(-c5ccccc5)cc4)c23)c1)C1CCCC1. The Hall–Kier alpha value is -4.17. The van der Waals surface area contributed by atoms with E-state index in [1.54, 1.807) is 6.20 Å². The van der Waals surface area contributed by atoms with Crippen LogP contribution in [0.5, 0.6) is 0 Å². The van der Waals surface area contributed by atoms with Crippen molar-refractivity contribution in [2.45, 2.75) is 32.1 Å². The molecule has 4 aromatic carbocycles. The molecule has 1 aliphatic carbocycles. The summed E-state index contributed by atoms with van der Waals surface area (Å²) in [5.74, 6) is 0.0748. The van der Waals surface area contributed by atoms with E-state index in [1.807, 2.05) is 36.4 Å². The Labute approximate surface area is 220 Å². The Kier molecular flexibility index (Phi) is 5.05. The van der Waals surface area contributed by atoms with Gasteiger partial charge in [0.1, 0.15) is 11.2 Å². The Bertz CT molecular complexity index is 1780. The molecule has 0 saturated heterocycles. The fourth-order valence-electron chi connectivity index (χ4n) is 5.68. The van der Waals surface area contributed by atoms with Gasteiger partial charge in [-0.3, -0.25) is 4.98 Å². The second-order valence-electron chi connectivity index (χ2n) is 9.99. The van der Waals surface area contributed by atoms with Crippen molar-refractivity contribution >= 4 is 21.9 Å². The summed E-state index contributed by atoms with van der Waals surface area (Å²) in [6, 6.07) is 35.3. The molecule has 6 aromatic rings. The minimum absolute atomic E-state index is 0.0748. The van der Waals surface area contributed by atoms with Gasteiger partial charge in [-0.15, -0.1) is 0 Å². The van der Waals surface area contributed by atoms with E-state index >= 15 is 0 Å². The fourth-order valence-corrected chi connectivity index (χ4v) is 5.68. The molecule has 0 N–H and O–H groups in total. The highest BCUT2D eigenvalue weighted by atomic mass is 16.3. The van der Waals surface area contributed by atoms with Gasteiger partial charge in [-0.2, -0.15) is 0 Å². The molecule has 1 fully saturated rings. The number of hydrogen-bond donors (Lipinski definition) is 0. The average molecular weight is 482 g/mol. The van der Waals surface area contributed by atoms with Crippen LogP contribution in [-0.4, -0.2) is 4.98 Å². The molecule has 2 heterocycles. The van der Waals surface area contributed by atoms with E-state index < -0.39 is 6.37 Å². The summed E-state index contributed by atoms with van der Waals surface area (Å²) in [7, 11) is 0. The van der Waals surface area contributed by atoms with E-state index in [4.69, 9.17) is 7.16 Å². The van der Waals surface area contributed by atoms with Crippen molar-refractivity contribution < 1.29 is 7.16 Å². The van der Waals surface area contributed by atoms with Crippen LogP contribution in [0.15, 0.2) is 114 Å². The van der Waals surface area contributed by atoms with Gasteiger partial charge in [0.15, 0.2) is 0 Å². The summed E-state index contributed by atoms with van der Waals surface area (Å²) in [6.07, 6.45) is 4.52.